The number of carbonyl (C=O) groups is 1. The van der Waals surface area contributed by atoms with Crippen LogP contribution in [0.15, 0.2) is 12.1 Å². The third kappa shape index (κ3) is 2.42. The Balaban J connectivity index is 1.32. The summed E-state index contributed by atoms with van der Waals surface area (Å²) in [6.07, 6.45) is 6.03. The van der Waals surface area contributed by atoms with Crippen molar-refractivity contribution in [1.29, 1.82) is 0 Å². The summed E-state index contributed by atoms with van der Waals surface area (Å²) >= 11 is 0. The van der Waals surface area contributed by atoms with Crippen molar-refractivity contribution in [2.75, 3.05) is 19.6 Å². The Morgan fingerprint density at radius 1 is 1.24 bits per heavy atom. The van der Waals surface area contributed by atoms with Crippen LogP contribution in [0.4, 0.5) is 4.39 Å². The number of benzene rings is 1. The molecule has 0 aromatic heterocycles. The summed E-state index contributed by atoms with van der Waals surface area (Å²) in [6.45, 7) is 4.01. The maximum atomic E-state index is 14.6. The predicted octanol–water partition coefficient (Wildman–Crippen LogP) is 1.93. The summed E-state index contributed by atoms with van der Waals surface area (Å²) in [5.74, 6) is -0.987. The highest BCUT2D eigenvalue weighted by Crippen LogP contribution is 2.54. The van der Waals surface area contributed by atoms with E-state index >= 15 is 0 Å². The van der Waals surface area contributed by atoms with E-state index in [1.165, 1.54) is 44.8 Å². The lowest BCUT2D eigenvalue weighted by atomic mass is 9.58. The first-order chi connectivity index (χ1) is 12.1. The number of nitrogens with zero attached hydrogens (tertiary/aromatic N) is 2. The van der Waals surface area contributed by atoms with Crippen molar-refractivity contribution in [3.05, 3.63) is 34.6 Å². The van der Waals surface area contributed by atoms with Gasteiger partial charge in [-0.3, -0.25) is 19.8 Å². The monoisotopic (exact) mass is 345 g/mol. The van der Waals surface area contributed by atoms with Crippen LogP contribution in [0.2, 0.25) is 0 Å². The summed E-state index contributed by atoms with van der Waals surface area (Å²) in [5.41, 5.74) is 3.85. The molecule has 0 bridgehead atoms. The maximum absolute atomic E-state index is 14.6. The van der Waals surface area contributed by atoms with Gasteiger partial charge in [0, 0.05) is 54.8 Å². The lowest BCUT2D eigenvalue weighted by Crippen LogP contribution is -2.71. The van der Waals surface area contributed by atoms with Crippen molar-refractivity contribution >= 4 is 5.91 Å². The number of hydrogen-bond donors (Lipinski definition) is 2. The maximum Gasteiger partial charge on any atom is 0.274 e. The highest BCUT2D eigenvalue weighted by Gasteiger charge is 2.58. The van der Waals surface area contributed by atoms with E-state index in [0.717, 1.165) is 30.1 Å². The van der Waals surface area contributed by atoms with Crippen LogP contribution in [0.3, 0.4) is 0 Å². The molecule has 1 amide bonds. The van der Waals surface area contributed by atoms with Gasteiger partial charge in [0.15, 0.2) is 0 Å². The Kier molecular flexibility index (Phi) is 3.46. The van der Waals surface area contributed by atoms with Gasteiger partial charge >= 0.3 is 0 Å². The van der Waals surface area contributed by atoms with E-state index in [2.05, 4.69) is 9.80 Å². The van der Waals surface area contributed by atoms with Crippen LogP contribution in [0.25, 0.3) is 0 Å². The van der Waals surface area contributed by atoms with Crippen LogP contribution in [-0.2, 0) is 13.0 Å². The van der Waals surface area contributed by atoms with Crippen LogP contribution >= 0.6 is 0 Å². The number of fused-ring (bicyclic) bond motifs is 1. The molecule has 0 radical (unpaired) electrons. The topological polar surface area (TPSA) is 55.8 Å². The summed E-state index contributed by atoms with van der Waals surface area (Å²) in [6, 6.07) is 4.39. The molecule has 5 nitrogen and oxygen atoms in total. The molecule has 2 saturated carbocycles. The lowest BCUT2D eigenvalue weighted by molar-refractivity contribution is -0.138. The number of hydroxylamine groups is 1. The van der Waals surface area contributed by atoms with Crippen molar-refractivity contribution in [2.24, 2.45) is 5.41 Å². The third-order valence-corrected chi connectivity index (χ3v) is 6.84. The fourth-order valence-corrected chi connectivity index (χ4v) is 5.18. The molecule has 1 aromatic rings. The minimum atomic E-state index is -0.656. The second-order valence-corrected chi connectivity index (χ2v) is 8.31. The van der Waals surface area contributed by atoms with Crippen LogP contribution < -0.4 is 5.48 Å². The minimum absolute atomic E-state index is 0.186. The molecular formula is C19H24FN3O2. The molecule has 1 saturated heterocycles. The molecule has 2 N–H and O–H groups in total. The summed E-state index contributed by atoms with van der Waals surface area (Å²) < 4.78 is 14.6. The van der Waals surface area contributed by atoms with Gasteiger partial charge in [-0.1, -0.05) is 0 Å². The van der Waals surface area contributed by atoms with E-state index in [4.69, 9.17) is 5.21 Å². The number of carbonyl (C=O) groups excluding carboxylic acids is 1. The van der Waals surface area contributed by atoms with Crippen molar-refractivity contribution in [3.8, 4) is 0 Å². The fraction of sp³-hybridized carbons (Fsp3) is 0.632. The number of likely N-dealkylation sites (tertiary alicyclic amines) is 1. The molecule has 2 aliphatic heterocycles. The van der Waals surface area contributed by atoms with Gasteiger partial charge in [0.05, 0.1) is 0 Å². The number of amides is 1. The number of hydrogen-bond acceptors (Lipinski definition) is 4. The summed E-state index contributed by atoms with van der Waals surface area (Å²) in [4.78, 5) is 16.7. The normalized spacial score (nSPS) is 28.2. The molecule has 134 valence electrons. The van der Waals surface area contributed by atoms with E-state index in [9.17, 15) is 9.18 Å². The minimum Gasteiger partial charge on any atom is -0.299 e. The summed E-state index contributed by atoms with van der Waals surface area (Å²) in [5, 5.41) is 8.76. The Hall–Kier alpha value is -1.50. The Morgan fingerprint density at radius 3 is 2.68 bits per heavy atom. The van der Waals surface area contributed by atoms with Gasteiger partial charge in [-0.15, -0.1) is 0 Å². The quantitative estimate of drug-likeness (QED) is 0.649. The van der Waals surface area contributed by atoms with E-state index < -0.39 is 5.91 Å². The predicted molar refractivity (Wildman–Crippen MR) is 89.8 cm³/mol. The molecule has 3 fully saturated rings. The zero-order valence-electron chi connectivity index (χ0n) is 14.3. The summed E-state index contributed by atoms with van der Waals surface area (Å²) in [7, 11) is 0. The lowest BCUT2D eigenvalue weighted by Gasteiger charge is -2.64. The fourth-order valence-electron chi connectivity index (χ4n) is 5.18. The SMILES string of the molecule is O=C(NO)c1cc(F)c2c(c1)CCN(C1CCC13CN(C1CC1)C3)C2. The van der Waals surface area contributed by atoms with Gasteiger partial charge in [-0.25, -0.2) is 9.87 Å². The number of nitrogens with one attached hydrogen (secondary N) is 1. The van der Waals surface area contributed by atoms with Crippen molar-refractivity contribution in [3.63, 3.8) is 0 Å². The van der Waals surface area contributed by atoms with Crippen LogP contribution in [0, 0.1) is 11.2 Å². The van der Waals surface area contributed by atoms with Gasteiger partial charge in [0.1, 0.15) is 5.82 Å². The standard InChI is InChI=1S/C19H24FN3O2/c20-16-8-13(18(24)21-25)7-12-4-6-22(9-15(12)16)17-3-5-19(17)10-23(11-19)14-1-2-14/h7-8,14,17,25H,1-6,9-11H2,(H,21,24). The average molecular weight is 345 g/mol. The van der Waals surface area contributed by atoms with Gasteiger partial charge in [-0.05, 0) is 49.8 Å². The second kappa shape index (κ2) is 5.50. The molecule has 2 heterocycles. The van der Waals surface area contributed by atoms with Gasteiger partial charge in [0.2, 0.25) is 0 Å². The molecule has 25 heavy (non-hydrogen) atoms. The highest BCUT2D eigenvalue weighted by atomic mass is 19.1. The highest BCUT2D eigenvalue weighted by molar-refractivity contribution is 5.93. The molecule has 1 atom stereocenters. The molecular weight excluding hydrogens is 321 g/mol. The molecule has 4 aliphatic rings. The third-order valence-electron chi connectivity index (χ3n) is 6.84. The Labute approximate surface area is 146 Å². The zero-order chi connectivity index (χ0) is 17.2. The molecule has 1 unspecified atom stereocenters. The van der Waals surface area contributed by atoms with Gasteiger partial charge < -0.3 is 0 Å². The molecule has 5 rings (SSSR count). The first kappa shape index (κ1) is 15.7. The van der Waals surface area contributed by atoms with Gasteiger partial charge in [0.25, 0.3) is 5.91 Å². The Morgan fingerprint density at radius 2 is 2.04 bits per heavy atom. The van der Waals surface area contributed by atoms with Crippen molar-refractivity contribution < 1.29 is 14.4 Å². The van der Waals surface area contributed by atoms with Crippen LogP contribution in [-0.4, -0.2) is 52.6 Å². The first-order valence-corrected chi connectivity index (χ1v) is 9.33. The molecule has 1 spiro atoms. The van der Waals surface area contributed by atoms with Crippen molar-refractivity contribution in [1.82, 2.24) is 15.3 Å². The Bertz CT molecular complexity index is 728. The number of rotatable bonds is 3. The van der Waals surface area contributed by atoms with Crippen LogP contribution in [0.1, 0.15) is 47.2 Å². The molecule has 6 heteroatoms. The van der Waals surface area contributed by atoms with Crippen LogP contribution in [0.5, 0.6) is 0 Å². The van der Waals surface area contributed by atoms with Crippen molar-refractivity contribution in [2.45, 2.75) is 50.7 Å². The van der Waals surface area contributed by atoms with E-state index in [1.807, 2.05) is 0 Å². The smallest absolute Gasteiger partial charge is 0.274 e. The molecule has 2 aliphatic carbocycles. The first-order valence-electron chi connectivity index (χ1n) is 9.33. The zero-order valence-corrected chi connectivity index (χ0v) is 14.3. The second-order valence-electron chi connectivity index (χ2n) is 8.31. The largest absolute Gasteiger partial charge is 0.299 e. The van der Waals surface area contributed by atoms with E-state index in [-0.39, 0.29) is 11.4 Å². The molecule has 1 aromatic carbocycles. The van der Waals surface area contributed by atoms with Gasteiger partial charge in [-0.2, -0.15) is 0 Å². The van der Waals surface area contributed by atoms with E-state index in [0.29, 0.717) is 18.0 Å². The average Bonchev–Trinajstić information content (AvgIpc) is 3.37. The number of halogens is 1. The van der Waals surface area contributed by atoms with E-state index in [1.54, 1.807) is 11.5 Å².